The fourth-order valence-corrected chi connectivity index (χ4v) is 1.33. The molecule has 72 valence electrons. The van der Waals surface area contributed by atoms with E-state index in [0.717, 1.165) is 6.54 Å². The van der Waals surface area contributed by atoms with Gasteiger partial charge in [0.15, 0.2) is 0 Å². The van der Waals surface area contributed by atoms with Crippen LogP contribution in [0.5, 0.6) is 0 Å². The van der Waals surface area contributed by atoms with Crippen LogP contribution in [0.25, 0.3) is 0 Å². The fourth-order valence-electron chi connectivity index (χ4n) is 1.33. The van der Waals surface area contributed by atoms with Crippen molar-refractivity contribution in [1.29, 1.82) is 0 Å². The Bertz CT molecular complexity index is 276. The third kappa shape index (κ3) is 3.10. The summed E-state index contributed by atoms with van der Waals surface area (Å²) in [5, 5.41) is 3.44. The third-order valence-electron chi connectivity index (χ3n) is 2.08. The first-order chi connectivity index (χ1) is 6.09. The fraction of sp³-hybridized carbons (Fsp3) is 0.500. The molecule has 1 nitrogen and oxygen atoms in total. The Balaban J connectivity index is 2.67. The highest BCUT2D eigenvalue weighted by molar-refractivity contribution is 5.51. The summed E-state index contributed by atoms with van der Waals surface area (Å²) in [7, 11) is 0. The highest BCUT2D eigenvalue weighted by Crippen LogP contribution is 2.16. The number of benzene rings is 1. The first-order valence-corrected chi connectivity index (χ1v) is 4.90. The van der Waals surface area contributed by atoms with Gasteiger partial charge >= 0.3 is 0 Å². The second-order valence-electron chi connectivity index (χ2n) is 4.09. The molecule has 0 atom stereocenters. The van der Waals surface area contributed by atoms with Crippen molar-refractivity contribution < 1.29 is 0 Å². The zero-order chi connectivity index (χ0) is 9.84. The molecule has 0 aliphatic heterocycles. The predicted molar refractivity (Wildman–Crippen MR) is 59.2 cm³/mol. The van der Waals surface area contributed by atoms with Crippen LogP contribution in [0.15, 0.2) is 18.2 Å². The van der Waals surface area contributed by atoms with E-state index in [1.165, 1.54) is 16.8 Å². The summed E-state index contributed by atoms with van der Waals surface area (Å²) in [4.78, 5) is 0. The molecule has 1 rings (SSSR count). The van der Waals surface area contributed by atoms with Crippen molar-refractivity contribution in [2.75, 3.05) is 11.9 Å². The van der Waals surface area contributed by atoms with Crippen LogP contribution in [0, 0.1) is 19.8 Å². The first-order valence-electron chi connectivity index (χ1n) is 4.90. The Morgan fingerprint density at radius 3 is 2.46 bits per heavy atom. The average Bonchev–Trinajstić information content (AvgIpc) is 2.02. The zero-order valence-electron chi connectivity index (χ0n) is 9.02. The lowest BCUT2D eigenvalue weighted by Crippen LogP contribution is -2.08. The molecule has 1 heteroatoms. The lowest BCUT2D eigenvalue weighted by molar-refractivity contribution is 0.688. The molecule has 0 spiro atoms. The Morgan fingerprint density at radius 1 is 1.23 bits per heavy atom. The van der Waals surface area contributed by atoms with Crippen LogP contribution in [0.2, 0.25) is 0 Å². The number of nitrogens with one attached hydrogen (secondary N) is 1. The van der Waals surface area contributed by atoms with Crippen molar-refractivity contribution in [2.45, 2.75) is 27.7 Å². The normalized spacial score (nSPS) is 10.5. The van der Waals surface area contributed by atoms with Crippen molar-refractivity contribution in [1.82, 2.24) is 0 Å². The van der Waals surface area contributed by atoms with Gasteiger partial charge in [-0.25, -0.2) is 0 Å². The molecule has 0 radical (unpaired) electrons. The van der Waals surface area contributed by atoms with Gasteiger partial charge in [-0.15, -0.1) is 0 Å². The van der Waals surface area contributed by atoms with Crippen LogP contribution in [0.4, 0.5) is 5.69 Å². The topological polar surface area (TPSA) is 12.0 Å². The molecule has 0 heterocycles. The van der Waals surface area contributed by atoms with Gasteiger partial charge in [-0.1, -0.05) is 31.5 Å². The lowest BCUT2D eigenvalue weighted by Gasteiger charge is -2.11. The van der Waals surface area contributed by atoms with Crippen LogP contribution >= 0.6 is 0 Å². The molecule has 0 aliphatic rings. The van der Waals surface area contributed by atoms with Gasteiger partial charge in [-0.3, -0.25) is 0 Å². The average molecular weight is 177 g/mol. The van der Waals surface area contributed by atoms with Crippen LogP contribution < -0.4 is 5.32 Å². The number of hydrogen-bond acceptors (Lipinski definition) is 1. The smallest absolute Gasteiger partial charge is 0.0370 e. The van der Waals surface area contributed by atoms with Crippen molar-refractivity contribution in [3.8, 4) is 0 Å². The molecule has 0 fully saturated rings. The second kappa shape index (κ2) is 4.31. The molecule has 1 aromatic carbocycles. The second-order valence-corrected chi connectivity index (χ2v) is 4.09. The summed E-state index contributed by atoms with van der Waals surface area (Å²) in [5.41, 5.74) is 3.92. The molecule has 0 saturated heterocycles. The summed E-state index contributed by atoms with van der Waals surface area (Å²) >= 11 is 0. The Labute approximate surface area is 81.2 Å². The standard InChI is InChI=1S/C12H19N/c1-9(2)8-13-12-6-5-10(3)7-11(12)4/h5-7,9,13H,8H2,1-4H3. The number of aryl methyl sites for hydroxylation is 2. The Kier molecular flexibility index (Phi) is 3.35. The Hall–Kier alpha value is -0.980. The monoisotopic (exact) mass is 177 g/mol. The number of anilines is 1. The van der Waals surface area contributed by atoms with Gasteiger partial charge in [0.25, 0.3) is 0 Å². The molecule has 0 saturated carbocycles. The lowest BCUT2D eigenvalue weighted by atomic mass is 10.1. The van der Waals surface area contributed by atoms with Crippen molar-refractivity contribution in [3.63, 3.8) is 0 Å². The van der Waals surface area contributed by atoms with E-state index >= 15 is 0 Å². The van der Waals surface area contributed by atoms with Gasteiger partial charge in [-0.05, 0) is 31.4 Å². The molecular weight excluding hydrogens is 158 g/mol. The zero-order valence-corrected chi connectivity index (χ0v) is 9.02. The maximum Gasteiger partial charge on any atom is 0.0370 e. The molecule has 13 heavy (non-hydrogen) atoms. The maximum atomic E-state index is 3.44. The van der Waals surface area contributed by atoms with Crippen LogP contribution in [-0.4, -0.2) is 6.54 Å². The van der Waals surface area contributed by atoms with Gasteiger partial charge in [0.05, 0.1) is 0 Å². The summed E-state index contributed by atoms with van der Waals surface area (Å²) in [6, 6.07) is 6.52. The van der Waals surface area contributed by atoms with E-state index in [1.807, 2.05) is 0 Å². The van der Waals surface area contributed by atoms with Gasteiger partial charge in [-0.2, -0.15) is 0 Å². The largest absolute Gasteiger partial charge is 0.385 e. The molecular formula is C12H19N. The molecule has 0 amide bonds. The van der Waals surface area contributed by atoms with E-state index in [1.54, 1.807) is 0 Å². The van der Waals surface area contributed by atoms with Crippen LogP contribution in [-0.2, 0) is 0 Å². The first kappa shape index (κ1) is 10.1. The number of rotatable bonds is 3. The van der Waals surface area contributed by atoms with Crippen LogP contribution in [0.3, 0.4) is 0 Å². The molecule has 0 aliphatic carbocycles. The minimum absolute atomic E-state index is 0.695. The van der Waals surface area contributed by atoms with E-state index in [0.29, 0.717) is 5.92 Å². The Morgan fingerprint density at radius 2 is 1.92 bits per heavy atom. The van der Waals surface area contributed by atoms with E-state index in [9.17, 15) is 0 Å². The van der Waals surface area contributed by atoms with E-state index in [4.69, 9.17) is 0 Å². The molecule has 0 bridgehead atoms. The van der Waals surface area contributed by atoms with Crippen molar-refractivity contribution in [2.24, 2.45) is 5.92 Å². The summed E-state index contributed by atoms with van der Waals surface area (Å²) in [5.74, 6) is 0.695. The maximum absolute atomic E-state index is 3.44. The summed E-state index contributed by atoms with van der Waals surface area (Å²) in [6.07, 6.45) is 0. The molecule has 0 unspecified atom stereocenters. The summed E-state index contributed by atoms with van der Waals surface area (Å²) < 4.78 is 0. The van der Waals surface area contributed by atoms with Crippen LogP contribution in [0.1, 0.15) is 25.0 Å². The van der Waals surface area contributed by atoms with Crippen molar-refractivity contribution >= 4 is 5.69 Å². The van der Waals surface area contributed by atoms with Crippen molar-refractivity contribution in [3.05, 3.63) is 29.3 Å². The van der Waals surface area contributed by atoms with Gasteiger partial charge in [0.1, 0.15) is 0 Å². The van der Waals surface area contributed by atoms with Gasteiger partial charge in [0, 0.05) is 12.2 Å². The summed E-state index contributed by atoms with van der Waals surface area (Å²) in [6.45, 7) is 9.76. The quantitative estimate of drug-likeness (QED) is 0.746. The predicted octanol–water partition coefficient (Wildman–Crippen LogP) is 3.37. The highest BCUT2D eigenvalue weighted by Gasteiger charge is 1.98. The third-order valence-corrected chi connectivity index (χ3v) is 2.08. The molecule has 1 N–H and O–H groups in total. The highest BCUT2D eigenvalue weighted by atomic mass is 14.9. The minimum atomic E-state index is 0.695. The van der Waals surface area contributed by atoms with Gasteiger partial charge in [0.2, 0.25) is 0 Å². The SMILES string of the molecule is Cc1ccc(NCC(C)C)c(C)c1. The van der Waals surface area contributed by atoms with Gasteiger partial charge < -0.3 is 5.32 Å². The molecule has 0 aromatic heterocycles. The van der Waals surface area contributed by atoms with E-state index < -0.39 is 0 Å². The molecule has 1 aromatic rings. The van der Waals surface area contributed by atoms with E-state index in [2.05, 4.69) is 51.2 Å². The number of hydrogen-bond donors (Lipinski definition) is 1. The minimum Gasteiger partial charge on any atom is -0.385 e. The van der Waals surface area contributed by atoms with E-state index in [-0.39, 0.29) is 0 Å².